The van der Waals surface area contributed by atoms with Crippen molar-refractivity contribution in [2.24, 2.45) is 5.73 Å². The number of aryl methyl sites for hydroxylation is 1. The molecule has 0 fully saturated rings. The first kappa shape index (κ1) is 12.7. The summed E-state index contributed by atoms with van der Waals surface area (Å²) >= 11 is 5.29. The second-order valence-corrected chi connectivity index (χ2v) is 5.90. The number of halogens is 1. The van der Waals surface area contributed by atoms with Crippen LogP contribution in [-0.4, -0.2) is 0 Å². The lowest BCUT2D eigenvalue weighted by molar-refractivity contribution is 1.06. The SMILES string of the molecule is Cc1ccccc1Sc1cc(Br)cc(CN)c1. The fraction of sp³-hybridized carbons (Fsp3) is 0.143. The number of hydrogen-bond donors (Lipinski definition) is 1. The molecular weight excluding hydrogens is 294 g/mol. The van der Waals surface area contributed by atoms with E-state index in [1.807, 2.05) is 0 Å². The van der Waals surface area contributed by atoms with E-state index in [-0.39, 0.29) is 0 Å². The molecule has 0 atom stereocenters. The van der Waals surface area contributed by atoms with Gasteiger partial charge in [-0.3, -0.25) is 0 Å². The molecule has 0 aliphatic carbocycles. The zero-order valence-corrected chi connectivity index (χ0v) is 12.0. The molecule has 0 radical (unpaired) electrons. The monoisotopic (exact) mass is 307 g/mol. The Hall–Kier alpha value is -0.770. The number of benzene rings is 2. The minimum absolute atomic E-state index is 0.570. The van der Waals surface area contributed by atoms with Gasteiger partial charge >= 0.3 is 0 Å². The Bertz CT molecular complexity index is 525. The molecule has 0 saturated heterocycles. The maximum absolute atomic E-state index is 5.68. The van der Waals surface area contributed by atoms with Crippen molar-refractivity contribution in [2.45, 2.75) is 23.3 Å². The fourth-order valence-electron chi connectivity index (χ4n) is 1.60. The van der Waals surface area contributed by atoms with E-state index in [2.05, 4.69) is 65.3 Å². The smallest absolute Gasteiger partial charge is 0.0189 e. The summed E-state index contributed by atoms with van der Waals surface area (Å²) in [6.07, 6.45) is 0. The quantitative estimate of drug-likeness (QED) is 0.911. The van der Waals surface area contributed by atoms with Crippen LogP contribution in [0.25, 0.3) is 0 Å². The highest BCUT2D eigenvalue weighted by molar-refractivity contribution is 9.10. The minimum Gasteiger partial charge on any atom is -0.326 e. The molecule has 0 aliphatic heterocycles. The van der Waals surface area contributed by atoms with Gasteiger partial charge in [-0.25, -0.2) is 0 Å². The van der Waals surface area contributed by atoms with Crippen molar-refractivity contribution in [3.63, 3.8) is 0 Å². The van der Waals surface area contributed by atoms with E-state index < -0.39 is 0 Å². The molecule has 1 nitrogen and oxygen atoms in total. The van der Waals surface area contributed by atoms with Gasteiger partial charge in [0.15, 0.2) is 0 Å². The topological polar surface area (TPSA) is 26.0 Å². The van der Waals surface area contributed by atoms with Gasteiger partial charge in [-0.2, -0.15) is 0 Å². The molecule has 0 bridgehead atoms. The van der Waals surface area contributed by atoms with Crippen molar-refractivity contribution in [2.75, 3.05) is 0 Å². The Labute approximate surface area is 115 Å². The first-order chi connectivity index (χ1) is 8.19. The fourth-order valence-corrected chi connectivity index (χ4v) is 3.31. The largest absolute Gasteiger partial charge is 0.326 e. The van der Waals surface area contributed by atoms with Gasteiger partial charge in [-0.15, -0.1) is 0 Å². The normalized spacial score (nSPS) is 10.5. The Balaban J connectivity index is 2.30. The first-order valence-corrected chi connectivity index (χ1v) is 7.03. The highest BCUT2D eigenvalue weighted by atomic mass is 79.9. The maximum Gasteiger partial charge on any atom is 0.0189 e. The van der Waals surface area contributed by atoms with Crippen molar-refractivity contribution < 1.29 is 0 Å². The van der Waals surface area contributed by atoms with Crippen molar-refractivity contribution in [1.29, 1.82) is 0 Å². The zero-order chi connectivity index (χ0) is 12.3. The molecule has 88 valence electrons. The second kappa shape index (κ2) is 5.71. The van der Waals surface area contributed by atoms with Crippen molar-refractivity contribution >= 4 is 27.7 Å². The van der Waals surface area contributed by atoms with E-state index in [0.29, 0.717) is 6.54 Å². The van der Waals surface area contributed by atoms with Gasteiger partial charge in [-0.1, -0.05) is 45.9 Å². The summed E-state index contributed by atoms with van der Waals surface area (Å²) in [5.74, 6) is 0. The predicted octanol–water partition coefficient (Wildman–Crippen LogP) is 4.37. The summed E-state index contributed by atoms with van der Waals surface area (Å²) in [4.78, 5) is 2.50. The Morgan fingerprint density at radius 3 is 2.65 bits per heavy atom. The van der Waals surface area contributed by atoms with Crippen LogP contribution >= 0.6 is 27.7 Å². The summed E-state index contributed by atoms with van der Waals surface area (Å²) in [5.41, 5.74) is 8.13. The maximum atomic E-state index is 5.68. The predicted molar refractivity (Wildman–Crippen MR) is 77.3 cm³/mol. The Kier molecular flexibility index (Phi) is 4.26. The summed E-state index contributed by atoms with van der Waals surface area (Å²) < 4.78 is 1.08. The highest BCUT2D eigenvalue weighted by Crippen LogP contribution is 2.32. The molecule has 0 spiro atoms. The summed E-state index contributed by atoms with van der Waals surface area (Å²) in [5, 5.41) is 0. The number of nitrogens with two attached hydrogens (primary N) is 1. The van der Waals surface area contributed by atoms with Crippen LogP contribution in [0.2, 0.25) is 0 Å². The zero-order valence-electron chi connectivity index (χ0n) is 9.61. The van der Waals surface area contributed by atoms with E-state index in [1.165, 1.54) is 15.4 Å². The molecule has 2 rings (SSSR count). The van der Waals surface area contributed by atoms with Gasteiger partial charge in [0.2, 0.25) is 0 Å². The van der Waals surface area contributed by atoms with Gasteiger partial charge in [0.25, 0.3) is 0 Å². The van der Waals surface area contributed by atoms with Gasteiger partial charge in [0.1, 0.15) is 0 Å². The van der Waals surface area contributed by atoms with Gasteiger partial charge in [0.05, 0.1) is 0 Å². The van der Waals surface area contributed by atoms with Crippen molar-refractivity contribution in [3.8, 4) is 0 Å². The van der Waals surface area contributed by atoms with Gasteiger partial charge in [0, 0.05) is 20.8 Å². The highest BCUT2D eigenvalue weighted by Gasteiger charge is 2.03. The average molecular weight is 308 g/mol. The summed E-state index contributed by atoms with van der Waals surface area (Å²) in [6, 6.07) is 14.7. The summed E-state index contributed by atoms with van der Waals surface area (Å²) in [6.45, 7) is 2.70. The van der Waals surface area contributed by atoms with Crippen molar-refractivity contribution in [1.82, 2.24) is 0 Å². The van der Waals surface area contributed by atoms with Crippen LogP contribution in [-0.2, 0) is 6.54 Å². The standard InChI is InChI=1S/C14H14BrNS/c1-10-4-2-3-5-14(10)17-13-7-11(9-16)6-12(15)8-13/h2-8H,9,16H2,1H3. The van der Waals surface area contributed by atoms with E-state index in [9.17, 15) is 0 Å². The van der Waals surface area contributed by atoms with Crippen molar-refractivity contribution in [3.05, 3.63) is 58.1 Å². The lowest BCUT2D eigenvalue weighted by Gasteiger charge is -2.07. The Morgan fingerprint density at radius 1 is 1.18 bits per heavy atom. The average Bonchev–Trinajstić information content (AvgIpc) is 2.31. The third-order valence-corrected chi connectivity index (χ3v) is 4.10. The van der Waals surface area contributed by atoms with Gasteiger partial charge in [-0.05, 0) is 42.3 Å². The molecule has 0 aliphatic rings. The lowest BCUT2D eigenvalue weighted by Crippen LogP contribution is -1.96. The van der Waals surface area contributed by atoms with Crippen LogP contribution in [0.1, 0.15) is 11.1 Å². The number of rotatable bonds is 3. The molecule has 0 unspecified atom stereocenters. The minimum atomic E-state index is 0.570. The molecule has 2 N–H and O–H groups in total. The first-order valence-electron chi connectivity index (χ1n) is 5.42. The van der Waals surface area contributed by atoms with Crippen LogP contribution < -0.4 is 5.73 Å². The van der Waals surface area contributed by atoms with E-state index in [0.717, 1.165) is 10.0 Å². The van der Waals surface area contributed by atoms with Crippen LogP contribution in [0.5, 0.6) is 0 Å². The molecule has 0 saturated carbocycles. The third-order valence-electron chi connectivity index (χ3n) is 2.49. The van der Waals surface area contributed by atoms with Crippen LogP contribution in [0.4, 0.5) is 0 Å². The molecule has 0 amide bonds. The number of hydrogen-bond acceptors (Lipinski definition) is 2. The van der Waals surface area contributed by atoms with Gasteiger partial charge < -0.3 is 5.73 Å². The molecule has 2 aromatic carbocycles. The van der Waals surface area contributed by atoms with Crippen LogP contribution in [0.15, 0.2) is 56.7 Å². The molecule has 0 aromatic heterocycles. The molecule has 0 heterocycles. The van der Waals surface area contributed by atoms with E-state index in [1.54, 1.807) is 11.8 Å². The molecule has 3 heteroatoms. The Morgan fingerprint density at radius 2 is 1.94 bits per heavy atom. The van der Waals surface area contributed by atoms with E-state index in [4.69, 9.17) is 5.73 Å². The lowest BCUT2D eigenvalue weighted by atomic mass is 10.2. The molecular formula is C14H14BrNS. The third kappa shape index (κ3) is 3.35. The van der Waals surface area contributed by atoms with Crippen LogP contribution in [0, 0.1) is 6.92 Å². The second-order valence-electron chi connectivity index (χ2n) is 3.87. The summed E-state index contributed by atoms with van der Waals surface area (Å²) in [7, 11) is 0. The molecule has 2 aromatic rings. The van der Waals surface area contributed by atoms with E-state index >= 15 is 0 Å². The van der Waals surface area contributed by atoms with Crippen LogP contribution in [0.3, 0.4) is 0 Å². The molecule has 17 heavy (non-hydrogen) atoms.